The molecule has 0 N–H and O–H groups in total. The molecule has 0 fully saturated rings. The maximum atomic E-state index is 3.71. The van der Waals surface area contributed by atoms with Crippen molar-refractivity contribution in [2.75, 3.05) is 0 Å². The summed E-state index contributed by atoms with van der Waals surface area (Å²) in [6, 6.07) is 42.4. The fraction of sp³-hybridized carbons (Fsp3) is 0.122. The van der Waals surface area contributed by atoms with E-state index in [4.69, 9.17) is 0 Å². The molecule has 0 saturated carbocycles. The SMILES string of the molecule is Brc1cccc2c1sc1ccc3c(c12)-c1ccccc1CC3.C.[I-].c1ccc2c(c1)CCc1ccc3sc4ccccc4c3c1-2. The number of thiophene rings is 2. The fourth-order valence-electron chi connectivity index (χ4n) is 7.29. The average Bonchev–Trinajstić information content (AvgIpc) is 3.64. The first-order valence-electron chi connectivity index (χ1n) is 15.0. The van der Waals surface area contributed by atoms with E-state index in [1.165, 1.54) is 89.3 Å². The van der Waals surface area contributed by atoms with Gasteiger partial charge >= 0.3 is 0 Å². The van der Waals surface area contributed by atoms with Crippen molar-refractivity contribution in [2.24, 2.45) is 0 Å². The molecule has 10 rings (SSSR count). The number of fused-ring (bicyclic) bond motifs is 14. The molecule has 2 aliphatic carbocycles. The third-order valence-electron chi connectivity index (χ3n) is 9.23. The number of halogens is 2. The summed E-state index contributed by atoms with van der Waals surface area (Å²) in [7, 11) is 0. The first-order chi connectivity index (χ1) is 21.2. The molecule has 0 saturated heterocycles. The molecule has 0 aliphatic heterocycles. The Balaban J connectivity index is 0.000000138. The Bertz CT molecular complexity index is 2380. The summed E-state index contributed by atoms with van der Waals surface area (Å²) < 4.78 is 6.74. The van der Waals surface area contributed by atoms with E-state index in [1.807, 2.05) is 22.7 Å². The number of hydrogen-bond acceptors (Lipinski definition) is 2. The van der Waals surface area contributed by atoms with Crippen LogP contribution in [-0.2, 0) is 25.7 Å². The topological polar surface area (TPSA) is 0 Å². The van der Waals surface area contributed by atoms with Crippen molar-refractivity contribution in [3.63, 3.8) is 0 Å². The van der Waals surface area contributed by atoms with Crippen LogP contribution in [0, 0.1) is 0 Å². The Labute approximate surface area is 297 Å². The van der Waals surface area contributed by atoms with Crippen molar-refractivity contribution in [1.82, 2.24) is 0 Å². The molecule has 0 unspecified atom stereocenters. The summed E-state index contributed by atoms with van der Waals surface area (Å²) in [6.07, 6.45) is 4.62. The molecular formula is C41H31BrIS2-. The minimum atomic E-state index is 0. The van der Waals surface area contributed by atoms with Crippen molar-refractivity contribution < 1.29 is 24.0 Å². The lowest BCUT2D eigenvalue weighted by Gasteiger charge is -2.20. The first kappa shape index (κ1) is 30.6. The van der Waals surface area contributed by atoms with Crippen LogP contribution in [0.4, 0.5) is 0 Å². The third-order valence-corrected chi connectivity index (χ3v) is 12.5. The Hall–Kier alpha value is -3.03. The van der Waals surface area contributed by atoms with Crippen LogP contribution in [0.5, 0.6) is 0 Å². The van der Waals surface area contributed by atoms with Crippen molar-refractivity contribution in [3.05, 3.63) is 142 Å². The van der Waals surface area contributed by atoms with Crippen molar-refractivity contribution in [1.29, 1.82) is 0 Å². The lowest BCUT2D eigenvalue weighted by molar-refractivity contribution is -0.00000807. The predicted octanol–water partition coefficient (Wildman–Crippen LogP) is 10.0. The van der Waals surface area contributed by atoms with Gasteiger partial charge in [-0.05, 0) is 110 Å². The second kappa shape index (κ2) is 12.3. The van der Waals surface area contributed by atoms with Crippen LogP contribution in [0.15, 0.2) is 120 Å². The van der Waals surface area contributed by atoms with Crippen molar-refractivity contribution in [3.8, 4) is 22.3 Å². The number of benzene rings is 6. The summed E-state index contributed by atoms with van der Waals surface area (Å²) in [6.45, 7) is 0. The average molecular weight is 795 g/mol. The van der Waals surface area contributed by atoms with Crippen LogP contribution < -0.4 is 24.0 Å². The molecule has 8 aromatic rings. The van der Waals surface area contributed by atoms with Crippen LogP contribution in [0.3, 0.4) is 0 Å². The molecule has 0 radical (unpaired) electrons. The molecule has 45 heavy (non-hydrogen) atoms. The van der Waals surface area contributed by atoms with Gasteiger partial charge in [0.1, 0.15) is 0 Å². The van der Waals surface area contributed by atoms with Crippen LogP contribution >= 0.6 is 38.6 Å². The molecular weight excluding hydrogens is 763 g/mol. The highest BCUT2D eigenvalue weighted by molar-refractivity contribution is 9.10. The summed E-state index contributed by atoms with van der Waals surface area (Å²) in [5.74, 6) is 0. The van der Waals surface area contributed by atoms with Gasteiger partial charge < -0.3 is 24.0 Å². The maximum Gasteiger partial charge on any atom is 0.0497 e. The first-order valence-corrected chi connectivity index (χ1v) is 17.4. The zero-order chi connectivity index (χ0) is 28.5. The minimum Gasteiger partial charge on any atom is -1.00 e. The summed E-state index contributed by atoms with van der Waals surface area (Å²) in [4.78, 5) is 0. The van der Waals surface area contributed by atoms with E-state index >= 15 is 0 Å². The lowest BCUT2D eigenvalue weighted by Crippen LogP contribution is -3.00. The largest absolute Gasteiger partial charge is 1.00 e. The maximum absolute atomic E-state index is 3.71. The fourth-order valence-corrected chi connectivity index (χ4v) is 10.1. The summed E-state index contributed by atoms with van der Waals surface area (Å²) in [5, 5.41) is 5.68. The van der Waals surface area contributed by atoms with Crippen LogP contribution in [-0.4, -0.2) is 0 Å². The van der Waals surface area contributed by atoms with E-state index in [-0.39, 0.29) is 31.4 Å². The van der Waals surface area contributed by atoms with Gasteiger partial charge in [0.25, 0.3) is 0 Å². The van der Waals surface area contributed by atoms with Gasteiger partial charge in [0, 0.05) is 44.8 Å². The molecule has 2 heterocycles. The summed E-state index contributed by atoms with van der Waals surface area (Å²) >= 11 is 7.51. The Morgan fingerprint density at radius 1 is 0.444 bits per heavy atom. The molecule has 222 valence electrons. The highest BCUT2D eigenvalue weighted by Gasteiger charge is 2.22. The Morgan fingerprint density at radius 3 is 1.62 bits per heavy atom. The van der Waals surface area contributed by atoms with Gasteiger partial charge in [-0.15, -0.1) is 22.7 Å². The molecule has 4 heteroatoms. The third kappa shape index (κ3) is 4.96. The molecule has 0 spiro atoms. The predicted molar refractivity (Wildman–Crippen MR) is 199 cm³/mol. The van der Waals surface area contributed by atoms with Crippen molar-refractivity contribution >= 4 is 78.9 Å². The monoisotopic (exact) mass is 793 g/mol. The van der Waals surface area contributed by atoms with Crippen LogP contribution in [0.2, 0.25) is 0 Å². The second-order valence-electron chi connectivity index (χ2n) is 11.6. The molecule has 0 nitrogen and oxygen atoms in total. The highest BCUT2D eigenvalue weighted by atomic mass is 127. The van der Waals surface area contributed by atoms with Gasteiger partial charge in [-0.2, -0.15) is 0 Å². The molecule has 0 bridgehead atoms. The lowest BCUT2D eigenvalue weighted by atomic mass is 9.83. The standard InChI is InChI=1S/C20H13BrS.C20H14S.CH4.HI/c21-16-7-3-6-15-19-17(22-20(15)16)11-10-13-9-8-12-4-1-2-5-14(12)18(13)19;1-2-6-15-13(5-1)9-10-14-11-12-18-20(19(14)15)16-7-3-4-8-17(16)21-18;;/h1-7,10-11H,8-9H2;1-8,11-12H,9-10H2;1H4;1H/p-1. The van der Waals surface area contributed by atoms with E-state index in [9.17, 15) is 0 Å². The van der Waals surface area contributed by atoms with E-state index in [2.05, 4.69) is 131 Å². The zero-order valence-corrected chi connectivity index (χ0v) is 29.2. The Kier molecular flexibility index (Phi) is 8.36. The van der Waals surface area contributed by atoms with Crippen molar-refractivity contribution in [2.45, 2.75) is 33.1 Å². The quantitative estimate of drug-likeness (QED) is 0.134. The van der Waals surface area contributed by atoms with E-state index in [0.29, 0.717) is 0 Å². The Morgan fingerprint density at radius 2 is 0.956 bits per heavy atom. The zero-order valence-electron chi connectivity index (χ0n) is 23.9. The molecule has 0 amide bonds. The molecule has 0 atom stereocenters. The van der Waals surface area contributed by atoms with Gasteiger partial charge in [0.2, 0.25) is 0 Å². The van der Waals surface area contributed by atoms with E-state index in [0.717, 1.165) is 25.7 Å². The normalized spacial score (nSPS) is 12.7. The second-order valence-corrected chi connectivity index (χ2v) is 14.6. The van der Waals surface area contributed by atoms with E-state index in [1.54, 1.807) is 0 Å². The molecule has 2 aliphatic rings. The molecule has 6 aromatic carbocycles. The minimum absolute atomic E-state index is 0. The van der Waals surface area contributed by atoms with E-state index < -0.39 is 0 Å². The summed E-state index contributed by atoms with van der Waals surface area (Å²) in [5.41, 5.74) is 11.8. The van der Waals surface area contributed by atoms with Gasteiger partial charge in [-0.1, -0.05) is 98.4 Å². The van der Waals surface area contributed by atoms with Gasteiger partial charge in [0.05, 0.1) is 0 Å². The van der Waals surface area contributed by atoms with Crippen LogP contribution in [0.1, 0.15) is 29.7 Å². The highest BCUT2D eigenvalue weighted by Crippen LogP contribution is 2.47. The van der Waals surface area contributed by atoms with Gasteiger partial charge in [-0.25, -0.2) is 0 Å². The van der Waals surface area contributed by atoms with Crippen LogP contribution in [0.25, 0.3) is 62.6 Å². The number of hydrogen-bond donors (Lipinski definition) is 0. The van der Waals surface area contributed by atoms with Gasteiger partial charge in [-0.3, -0.25) is 0 Å². The smallest absolute Gasteiger partial charge is 0.0497 e. The number of rotatable bonds is 0. The van der Waals surface area contributed by atoms with Gasteiger partial charge in [0.15, 0.2) is 0 Å². The number of aryl methyl sites for hydroxylation is 4. The molecule has 2 aromatic heterocycles.